The standard InChI is InChI=1S/C28H32ClN3O3/c29-22-6-7-23-24(19-32(26(23)18-22)11-3-10-30-14-16-34-17-15-30)27(33)31-12-8-28(9-13-31)25-5-2-1-4-21(25)20-35-28/h1-2,4-7,18-19H,3,8-17,20H2. The van der Waals surface area contributed by atoms with Crippen LogP contribution in [0.1, 0.15) is 40.7 Å². The number of ether oxygens (including phenoxy) is 2. The van der Waals surface area contributed by atoms with E-state index < -0.39 is 0 Å². The first-order valence-corrected chi connectivity index (χ1v) is 13.1. The molecule has 2 saturated heterocycles. The molecule has 6 rings (SSSR count). The van der Waals surface area contributed by atoms with Crippen molar-refractivity contribution in [2.75, 3.05) is 45.9 Å². The maximum absolute atomic E-state index is 13.7. The van der Waals surface area contributed by atoms with Crippen molar-refractivity contribution in [3.63, 3.8) is 0 Å². The lowest BCUT2D eigenvalue weighted by Crippen LogP contribution is -2.45. The Labute approximate surface area is 211 Å². The normalized spacial score (nSPS) is 20.0. The fourth-order valence-corrected chi connectivity index (χ4v) is 6.12. The smallest absolute Gasteiger partial charge is 0.256 e. The van der Waals surface area contributed by atoms with E-state index in [1.807, 2.05) is 29.3 Å². The van der Waals surface area contributed by atoms with E-state index in [0.29, 0.717) is 24.7 Å². The zero-order chi connectivity index (χ0) is 23.8. The number of carbonyl (C=O) groups is 1. The van der Waals surface area contributed by atoms with Gasteiger partial charge in [0.25, 0.3) is 5.91 Å². The van der Waals surface area contributed by atoms with Crippen molar-refractivity contribution in [3.8, 4) is 0 Å². The van der Waals surface area contributed by atoms with Crippen molar-refractivity contribution < 1.29 is 14.3 Å². The summed E-state index contributed by atoms with van der Waals surface area (Å²) in [7, 11) is 0. The maximum atomic E-state index is 13.7. The molecule has 184 valence electrons. The summed E-state index contributed by atoms with van der Waals surface area (Å²) >= 11 is 6.35. The quantitative estimate of drug-likeness (QED) is 0.518. The van der Waals surface area contributed by atoms with Crippen LogP contribution in [0.5, 0.6) is 0 Å². The molecule has 1 spiro atoms. The number of halogens is 1. The molecular weight excluding hydrogens is 462 g/mol. The van der Waals surface area contributed by atoms with Crippen molar-refractivity contribution in [1.29, 1.82) is 0 Å². The van der Waals surface area contributed by atoms with Crippen LogP contribution in [0.2, 0.25) is 5.02 Å². The van der Waals surface area contributed by atoms with Crippen LogP contribution in [0.3, 0.4) is 0 Å². The SMILES string of the molecule is O=C(c1cn(CCCN2CCOCC2)c2cc(Cl)ccc12)N1CCC2(CC1)OCc1ccccc12. The summed E-state index contributed by atoms with van der Waals surface area (Å²) in [6.07, 6.45) is 4.72. The Morgan fingerprint density at radius 2 is 1.80 bits per heavy atom. The van der Waals surface area contributed by atoms with Crippen molar-refractivity contribution >= 4 is 28.4 Å². The first-order chi connectivity index (χ1) is 17.1. The van der Waals surface area contributed by atoms with Gasteiger partial charge >= 0.3 is 0 Å². The largest absolute Gasteiger partial charge is 0.379 e. The second kappa shape index (κ2) is 9.58. The predicted octanol–water partition coefficient (Wildman–Crippen LogP) is 4.68. The van der Waals surface area contributed by atoms with E-state index in [0.717, 1.165) is 75.1 Å². The molecule has 7 heteroatoms. The Balaban J connectivity index is 1.18. The van der Waals surface area contributed by atoms with Gasteiger partial charge in [-0.05, 0) is 42.5 Å². The Hall–Kier alpha value is -2.38. The molecule has 0 atom stereocenters. The van der Waals surface area contributed by atoms with Crippen molar-refractivity contribution in [3.05, 3.63) is 70.4 Å². The van der Waals surface area contributed by atoms with E-state index in [4.69, 9.17) is 21.1 Å². The predicted molar refractivity (Wildman–Crippen MR) is 137 cm³/mol. The van der Waals surface area contributed by atoms with Gasteiger partial charge in [0.05, 0.1) is 36.5 Å². The highest BCUT2D eigenvalue weighted by molar-refractivity contribution is 6.31. The molecular formula is C28H32ClN3O3. The molecule has 4 heterocycles. The van der Waals surface area contributed by atoms with Crippen LogP contribution in [0.4, 0.5) is 0 Å². The summed E-state index contributed by atoms with van der Waals surface area (Å²) in [5, 5.41) is 1.68. The summed E-state index contributed by atoms with van der Waals surface area (Å²) in [5.41, 5.74) is 4.15. The Bertz CT molecular complexity index is 1230. The minimum Gasteiger partial charge on any atom is -0.379 e. The van der Waals surface area contributed by atoms with Gasteiger partial charge in [0.1, 0.15) is 0 Å². The van der Waals surface area contributed by atoms with E-state index in [1.165, 1.54) is 11.1 Å². The maximum Gasteiger partial charge on any atom is 0.256 e. The molecule has 35 heavy (non-hydrogen) atoms. The fourth-order valence-electron chi connectivity index (χ4n) is 5.95. The minimum absolute atomic E-state index is 0.102. The van der Waals surface area contributed by atoms with Crippen LogP contribution in [0, 0.1) is 0 Å². The number of fused-ring (bicyclic) bond motifs is 3. The summed E-state index contributed by atoms with van der Waals surface area (Å²) in [6.45, 7) is 7.57. The first-order valence-electron chi connectivity index (χ1n) is 12.7. The molecule has 0 radical (unpaired) electrons. The van der Waals surface area contributed by atoms with Gasteiger partial charge in [0.15, 0.2) is 0 Å². The zero-order valence-corrected chi connectivity index (χ0v) is 20.8. The summed E-state index contributed by atoms with van der Waals surface area (Å²) in [4.78, 5) is 18.1. The van der Waals surface area contributed by atoms with Crippen LogP contribution in [-0.4, -0.2) is 66.2 Å². The molecule has 1 amide bonds. The molecule has 0 N–H and O–H groups in total. The van der Waals surface area contributed by atoms with Crippen LogP contribution in [0.25, 0.3) is 10.9 Å². The number of aromatic nitrogens is 1. The van der Waals surface area contributed by atoms with Gasteiger partial charge in [-0.25, -0.2) is 0 Å². The number of hydrogen-bond donors (Lipinski definition) is 0. The highest BCUT2D eigenvalue weighted by atomic mass is 35.5. The van der Waals surface area contributed by atoms with Crippen molar-refractivity contribution in [1.82, 2.24) is 14.4 Å². The third kappa shape index (κ3) is 4.38. The number of likely N-dealkylation sites (tertiary alicyclic amines) is 1. The van der Waals surface area contributed by atoms with Gasteiger partial charge in [0.2, 0.25) is 0 Å². The number of nitrogens with zero attached hydrogens (tertiary/aromatic N) is 3. The van der Waals surface area contributed by atoms with Crippen LogP contribution in [-0.2, 0) is 28.2 Å². The minimum atomic E-state index is -0.242. The monoisotopic (exact) mass is 493 g/mol. The number of amides is 1. The summed E-state index contributed by atoms with van der Waals surface area (Å²) in [5.74, 6) is 0.102. The second-order valence-corrected chi connectivity index (χ2v) is 10.4. The lowest BCUT2D eigenvalue weighted by atomic mass is 9.83. The van der Waals surface area contributed by atoms with Gasteiger partial charge in [-0.1, -0.05) is 41.9 Å². The van der Waals surface area contributed by atoms with Crippen LogP contribution >= 0.6 is 11.6 Å². The molecule has 0 aliphatic carbocycles. The number of piperidine rings is 1. The number of carbonyl (C=O) groups excluding carboxylic acids is 1. The van der Waals surface area contributed by atoms with Gasteiger partial charge < -0.3 is 18.9 Å². The average molecular weight is 494 g/mol. The molecule has 0 unspecified atom stereocenters. The lowest BCUT2D eigenvalue weighted by Gasteiger charge is -2.39. The van der Waals surface area contributed by atoms with E-state index >= 15 is 0 Å². The number of morpholine rings is 1. The molecule has 6 nitrogen and oxygen atoms in total. The van der Waals surface area contributed by atoms with Crippen LogP contribution in [0.15, 0.2) is 48.7 Å². The molecule has 3 aliphatic rings. The van der Waals surface area contributed by atoms with E-state index in [-0.39, 0.29) is 11.5 Å². The second-order valence-electron chi connectivity index (χ2n) is 9.94. The highest BCUT2D eigenvalue weighted by Crippen LogP contribution is 2.44. The fraction of sp³-hybridized carbons (Fsp3) is 0.464. The number of benzene rings is 2. The van der Waals surface area contributed by atoms with Gasteiger partial charge in [-0.2, -0.15) is 0 Å². The van der Waals surface area contributed by atoms with Crippen molar-refractivity contribution in [2.24, 2.45) is 0 Å². The first kappa shape index (κ1) is 23.0. The Morgan fingerprint density at radius 3 is 2.63 bits per heavy atom. The third-order valence-corrected chi connectivity index (χ3v) is 8.16. The molecule has 3 aromatic rings. The molecule has 2 fully saturated rings. The summed E-state index contributed by atoms with van der Waals surface area (Å²) in [6, 6.07) is 14.4. The van der Waals surface area contributed by atoms with Crippen molar-refractivity contribution in [2.45, 2.75) is 38.0 Å². The topological polar surface area (TPSA) is 46.9 Å². The third-order valence-electron chi connectivity index (χ3n) is 7.92. The number of aryl methyl sites for hydroxylation is 1. The zero-order valence-electron chi connectivity index (χ0n) is 20.0. The van der Waals surface area contributed by atoms with Crippen LogP contribution < -0.4 is 0 Å². The van der Waals surface area contributed by atoms with Gasteiger partial charge in [-0.15, -0.1) is 0 Å². The van der Waals surface area contributed by atoms with E-state index in [9.17, 15) is 4.79 Å². The number of rotatable bonds is 5. The highest BCUT2D eigenvalue weighted by Gasteiger charge is 2.43. The van der Waals surface area contributed by atoms with E-state index in [2.05, 4.69) is 33.7 Å². The summed E-state index contributed by atoms with van der Waals surface area (Å²) < 4.78 is 14.0. The Morgan fingerprint density at radius 1 is 1.00 bits per heavy atom. The molecule has 1 aromatic heterocycles. The number of hydrogen-bond acceptors (Lipinski definition) is 4. The molecule has 2 aromatic carbocycles. The molecule has 0 bridgehead atoms. The molecule has 3 aliphatic heterocycles. The van der Waals surface area contributed by atoms with Gasteiger partial charge in [0, 0.05) is 55.9 Å². The van der Waals surface area contributed by atoms with Gasteiger partial charge in [-0.3, -0.25) is 9.69 Å². The molecule has 0 saturated carbocycles. The lowest BCUT2D eigenvalue weighted by molar-refractivity contribution is -0.0741. The van der Waals surface area contributed by atoms with E-state index in [1.54, 1.807) is 0 Å². The Kier molecular flexibility index (Phi) is 6.31. The average Bonchev–Trinajstić information content (AvgIpc) is 3.43.